The first kappa shape index (κ1) is 13.4. The van der Waals surface area contributed by atoms with Crippen molar-refractivity contribution in [2.75, 3.05) is 6.54 Å². The number of hydrogen-bond donors (Lipinski definition) is 1. The summed E-state index contributed by atoms with van der Waals surface area (Å²) in [6.45, 7) is 6.05. The SMILES string of the molecule is CC(C)(C)OC(=O)NCCc1ncc(Br)s1. The number of alkyl carbamates (subject to hydrolysis) is 1. The number of aromatic nitrogens is 1. The van der Waals surface area contributed by atoms with Crippen LogP contribution in [0.3, 0.4) is 0 Å². The number of nitrogens with zero attached hydrogens (tertiary/aromatic N) is 1. The summed E-state index contributed by atoms with van der Waals surface area (Å²) in [5, 5.41) is 3.68. The third-order valence-electron chi connectivity index (χ3n) is 1.53. The molecule has 1 rings (SSSR count). The molecule has 1 aromatic heterocycles. The predicted molar refractivity (Wildman–Crippen MR) is 67.8 cm³/mol. The van der Waals surface area contributed by atoms with Crippen LogP contribution in [0.25, 0.3) is 0 Å². The maximum absolute atomic E-state index is 11.3. The highest BCUT2D eigenvalue weighted by atomic mass is 79.9. The largest absolute Gasteiger partial charge is 0.444 e. The minimum atomic E-state index is -0.450. The molecular weight excluding hydrogens is 292 g/mol. The van der Waals surface area contributed by atoms with Crippen LogP contribution in [-0.4, -0.2) is 23.2 Å². The highest BCUT2D eigenvalue weighted by molar-refractivity contribution is 9.11. The van der Waals surface area contributed by atoms with Gasteiger partial charge < -0.3 is 10.1 Å². The van der Waals surface area contributed by atoms with Gasteiger partial charge in [-0.3, -0.25) is 0 Å². The molecule has 0 saturated heterocycles. The summed E-state index contributed by atoms with van der Waals surface area (Å²) >= 11 is 4.90. The van der Waals surface area contributed by atoms with Crippen LogP contribution in [0.5, 0.6) is 0 Å². The van der Waals surface area contributed by atoms with Crippen LogP contribution in [0.2, 0.25) is 0 Å². The van der Waals surface area contributed by atoms with Crippen molar-refractivity contribution in [3.05, 3.63) is 15.0 Å². The van der Waals surface area contributed by atoms with Crippen molar-refractivity contribution in [3.63, 3.8) is 0 Å². The zero-order valence-electron chi connectivity index (χ0n) is 9.54. The highest BCUT2D eigenvalue weighted by Gasteiger charge is 2.15. The zero-order chi connectivity index (χ0) is 12.2. The summed E-state index contributed by atoms with van der Waals surface area (Å²) in [7, 11) is 0. The summed E-state index contributed by atoms with van der Waals surface area (Å²) in [4.78, 5) is 15.5. The van der Waals surface area contributed by atoms with E-state index < -0.39 is 5.60 Å². The summed E-state index contributed by atoms with van der Waals surface area (Å²) in [6.07, 6.45) is 2.09. The van der Waals surface area contributed by atoms with Crippen LogP contribution in [0.1, 0.15) is 25.8 Å². The molecule has 0 spiro atoms. The van der Waals surface area contributed by atoms with E-state index in [4.69, 9.17) is 4.74 Å². The molecule has 0 atom stereocenters. The first-order valence-electron chi connectivity index (χ1n) is 4.94. The fourth-order valence-corrected chi connectivity index (χ4v) is 2.29. The van der Waals surface area contributed by atoms with Gasteiger partial charge in [0.1, 0.15) is 5.60 Å². The number of carbonyl (C=O) groups excluding carboxylic acids is 1. The minimum absolute atomic E-state index is 0.386. The molecule has 0 fully saturated rings. The zero-order valence-corrected chi connectivity index (χ0v) is 11.9. The van der Waals surface area contributed by atoms with Crippen LogP contribution in [0.4, 0.5) is 4.79 Å². The Balaban J connectivity index is 2.23. The molecule has 0 aliphatic heterocycles. The lowest BCUT2D eigenvalue weighted by molar-refractivity contribution is 0.0528. The van der Waals surface area contributed by atoms with Gasteiger partial charge in [-0.05, 0) is 36.7 Å². The van der Waals surface area contributed by atoms with Crippen LogP contribution >= 0.6 is 27.3 Å². The van der Waals surface area contributed by atoms with E-state index in [1.807, 2.05) is 20.8 Å². The van der Waals surface area contributed by atoms with Gasteiger partial charge in [-0.15, -0.1) is 11.3 Å². The van der Waals surface area contributed by atoms with Gasteiger partial charge in [0.25, 0.3) is 0 Å². The number of nitrogens with one attached hydrogen (secondary N) is 1. The lowest BCUT2D eigenvalue weighted by Gasteiger charge is -2.19. The Morgan fingerprint density at radius 3 is 2.81 bits per heavy atom. The van der Waals surface area contributed by atoms with E-state index in [0.29, 0.717) is 6.54 Å². The van der Waals surface area contributed by atoms with Crippen molar-refractivity contribution < 1.29 is 9.53 Å². The molecule has 1 heterocycles. The van der Waals surface area contributed by atoms with E-state index in [1.54, 1.807) is 17.5 Å². The Hall–Kier alpha value is -0.620. The topological polar surface area (TPSA) is 51.2 Å². The maximum atomic E-state index is 11.3. The number of thiazole rings is 1. The van der Waals surface area contributed by atoms with E-state index >= 15 is 0 Å². The van der Waals surface area contributed by atoms with Crippen molar-refractivity contribution in [1.29, 1.82) is 0 Å². The van der Waals surface area contributed by atoms with Crippen LogP contribution in [0, 0.1) is 0 Å². The molecule has 0 bridgehead atoms. The molecule has 0 aliphatic rings. The van der Waals surface area contributed by atoms with Crippen LogP contribution < -0.4 is 5.32 Å². The summed E-state index contributed by atoms with van der Waals surface area (Å²) in [6, 6.07) is 0. The third kappa shape index (κ3) is 5.46. The second kappa shape index (κ2) is 5.63. The lowest BCUT2D eigenvalue weighted by Crippen LogP contribution is -2.33. The van der Waals surface area contributed by atoms with Crippen LogP contribution in [-0.2, 0) is 11.2 Å². The number of hydrogen-bond acceptors (Lipinski definition) is 4. The number of halogens is 1. The molecule has 1 aromatic rings. The highest BCUT2D eigenvalue weighted by Crippen LogP contribution is 2.18. The van der Waals surface area contributed by atoms with Gasteiger partial charge in [0, 0.05) is 13.0 Å². The van der Waals surface area contributed by atoms with E-state index in [2.05, 4.69) is 26.2 Å². The van der Waals surface area contributed by atoms with Crippen molar-refractivity contribution in [3.8, 4) is 0 Å². The van der Waals surface area contributed by atoms with Gasteiger partial charge in [0.15, 0.2) is 0 Å². The van der Waals surface area contributed by atoms with Gasteiger partial charge >= 0.3 is 6.09 Å². The lowest BCUT2D eigenvalue weighted by atomic mass is 10.2. The minimum Gasteiger partial charge on any atom is -0.444 e. The molecule has 16 heavy (non-hydrogen) atoms. The molecule has 6 heteroatoms. The van der Waals surface area contributed by atoms with Crippen LogP contribution in [0.15, 0.2) is 9.98 Å². The molecule has 0 unspecified atom stereocenters. The fraction of sp³-hybridized carbons (Fsp3) is 0.600. The number of ether oxygens (including phenoxy) is 1. The van der Waals surface area contributed by atoms with E-state index in [0.717, 1.165) is 15.2 Å². The Kier molecular flexibility index (Phi) is 4.73. The molecule has 1 N–H and O–H groups in total. The molecular formula is C10H15BrN2O2S. The standard InChI is InChI=1S/C10H15BrN2O2S/c1-10(2,3)15-9(14)12-5-4-8-13-6-7(11)16-8/h6H,4-5H2,1-3H3,(H,12,14). The summed E-state index contributed by atoms with van der Waals surface area (Å²) < 4.78 is 6.10. The maximum Gasteiger partial charge on any atom is 0.407 e. The monoisotopic (exact) mass is 306 g/mol. The molecule has 4 nitrogen and oxygen atoms in total. The molecule has 1 amide bonds. The van der Waals surface area contributed by atoms with Crippen molar-refractivity contribution in [1.82, 2.24) is 10.3 Å². The Labute approximate surface area is 108 Å². The number of amides is 1. The molecule has 0 aliphatic carbocycles. The Bertz CT molecular complexity index is 360. The number of carbonyl (C=O) groups is 1. The van der Waals surface area contributed by atoms with Gasteiger partial charge in [0.2, 0.25) is 0 Å². The van der Waals surface area contributed by atoms with Gasteiger partial charge in [0.05, 0.1) is 15.0 Å². The average molecular weight is 307 g/mol. The van der Waals surface area contributed by atoms with E-state index in [9.17, 15) is 4.79 Å². The summed E-state index contributed by atoms with van der Waals surface area (Å²) in [5.74, 6) is 0. The Morgan fingerprint density at radius 1 is 1.62 bits per heavy atom. The second-order valence-corrected chi connectivity index (χ2v) is 6.73. The predicted octanol–water partition coefficient (Wildman–Crippen LogP) is 2.97. The molecule has 0 aromatic carbocycles. The van der Waals surface area contributed by atoms with E-state index in [1.165, 1.54) is 0 Å². The number of rotatable bonds is 3. The summed E-state index contributed by atoms with van der Waals surface area (Å²) in [5.41, 5.74) is -0.450. The average Bonchev–Trinajstić information content (AvgIpc) is 2.48. The van der Waals surface area contributed by atoms with Crippen molar-refractivity contribution >= 4 is 33.4 Å². The first-order valence-corrected chi connectivity index (χ1v) is 6.55. The van der Waals surface area contributed by atoms with Gasteiger partial charge in [-0.25, -0.2) is 9.78 Å². The third-order valence-corrected chi connectivity index (χ3v) is 3.07. The smallest absolute Gasteiger partial charge is 0.407 e. The quantitative estimate of drug-likeness (QED) is 0.934. The molecule has 0 saturated carbocycles. The second-order valence-electron chi connectivity index (χ2n) is 4.24. The van der Waals surface area contributed by atoms with Crippen molar-refractivity contribution in [2.45, 2.75) is 32.8 Å². The van der Waals surface area contributed by atoms with Gasteiger partial charge in [-0.1, -0.05) is 0 Å². The molecule has 90 valence electrons. The van der Waals surface area contributed by atoms with Gasteiger partial charge in [-0.2, -0.15) is 0 Å². The van der Waals surface area contributed by atoms with E-state index in [-0.39, 0.29) is 6.09 Å². The Morgan fingerprint density at radius 2 is 2.31 bits per heavy atom. The first-order chi connectivity index (χ1) is 7.37. The molecule has 0 radical (unpaired) electrons. The van der Waals surface area contributed by atoms with Crippen molar-refractivity contribution in [2.24, 2.45) is 0 Å². The fourth-order valence-electron chi connectivity index (χ4n) is 0.989. The normalized spacial score (nSPS) is 11.2.